The van der Waals surface area contributed by atoms with Crippen LogP contribution in [0.5, 0.6) is 0 Å². The van der Waals surface area contributed by atoms with Gasteiger partial charge in [0.2, 0.25) is 0 Å². The molecule has 1 saturated heterocycles. The van der Waals surface area contributed by atoms with Crippen molar-refractivity contribution in [2.45, 2.75) is 52.5 Å². The maximum Gasteiger partial charge on any atom is 0.274 e. The molecule has 0 bridgehead atoms. The first-order valence-corrected chi connectivity index (χ1v) is 9.07. The average Bonchev–Trinajstić information content (AvgIpc) is 2.61. The molecule has 0 radical (unpaired) electrons. The maximum absolute atomic E-state index is 12.7. The maximum atomic E-state index is 12.7. The molecule has 0 saturated carbocycles. The number of rotatable bonds is 4. The van der Waals surface area contributed by atoms with E-state index in [-0.39, 0.29) is 5.91 Å². The van der Waals surface area contributed by atoms with E-state index in [4.69, 9.17) is 0 Å². The van der Waals surface area contributed by atoms with Gasteiger partial charge in [-0.15, -0.1) is 10.2 Å². The van der Waals surface area contributed by atoms with Crippen molar-refractivity contribution >= 4 is 17.4 Å². The van der Waals surface area contributed by atoms with E-state index in [1.54, 1.807) is 6.07 Å². The second-order valence-corrected chi connectivity index (χ2v) is 6.86. The van der Waals surface area contributed by atoms with E-state index in [0.29, 0.717) is 17.6 Å². The smallest absolute Gasteiger partial charge is 0.274 e. The molecule has 1 aliphatic heterocycles. The second-order valence-electron chi connectivity index (χ2n) is 6.86. The molecule has 0 spiro atoms. The lowest BCUT2D eigenvalue weighted by atomic mass is 9.99. The third-order valence-electron chi connectivity index (χ3n) is 4.74. The molecule has 2 aromatic rings. The third-order valence-corrected chi connectivity index (χ3v) is 4.74. The van der Waals surface area contributed by atoms with E-state index in [9.17, 15) is 4.79 Å². The first-order valence-electron chi connectivity index (χ1n) is 9.07. The molecule has 5 heteroatoms. The Balaban J connectivity index is 1.72. The summed E-state index contributed by atoms with van der Waals surface area (Å²) >= 11 is 0. The Kier molecular flexibility index (Phi) is 5.31. The van der Waals surface area contributed by atoms with E-state index in [1.165, 1.54) is 17.5 Å². The zero-order valence-electron chi connectivity index (χ0n) is 15.2. The van der Waals surface area contributed by atoms with Gasteiger partial charge in [0.15, 0.2) is 11.5 Å². The first-order chi connectivity index (χ1) is 12.1. The summed E-state index contributed by atoms with van der Waals surface area (Å²) in [5.74, 6) is 0.643. The van der Waals surface area contributed by atoms with Gasteiger partial charge in [-0.2, -0.15) is 0 Å². The van der Waals surface area contributed by atoms with Gasteiger partial charge in [-0.3, -0.25) is 4.79 Å². The normalized spacial score (nSPS) is 17.4. The number of aromatic nitrogens is 2. The Hall–Kier alpha value is -2.43. The quantitative estimate of drug-likeness (QED) is 0.906. The Labute approximate surface area is 149 Å². The molecule has 1 atom stereocenters. The van der Waals surface area contributed by atoms with Crippen molar-refractivity contribution in [3.8, 4) is 0 Å². The molecular weight excluding hydrogens is 312 g/mol. The molecule has 1 aromatic heterocycles. The summed E-state index contributed by atoms with van der Waals surface area (Å²) in [6.45, 7) is 7.09. The number of aryl methyl sites for hydroxylation is 2. The zero-order valence-corrected chi connectivity index (χ0v) is 15.2. The van der Waals surface area contributed by atoms with Gasteiger partial charge in [-0.05, 0) is 74.9 Å². The fourth-order valence-corrected chi connectivity index (χ4v) is 3.55. The summed E-state index contributed by atoms with van der Waals surface area (Å²) in [5.41, 5.74) is 3.79. The number of anilines is 2. The Morgan fingerprint density at radius 3 is 2.56 bits per heavy atom. The summed E-state index contributed by atoms with van der Waals surface area (Å²) in [4.78, 5) is 14.7. The van der Waals surface area contributed by atoms with Gasteiger partial charge < -0.3 is 10.2 Å². The number of piperidine rings is 1. The minimum absolute atomic E-state index is 0.00278. The number of hydrogen-bond acceptors (Lipinski definition) is 4. The minimum Gasteiger partial charge on any atom is -0.339 e. The van der Waals surface area contributed by atoms with E-state index in [2.05, 4.69) is 54.5 Å². The zero-order chi connectivity index (χ0) is 17.8. The van der Waals surface area contributed by atoms with E-state index < -0.39 is 0 Å². The number of nitrogens with one attached hydrogen (secondary N) is 1. The number of nitrogens with zero attached hydrogens (tertiary/aromatic N) is 3. The highest BCUT2D eigenvalue weighted by atomic mass is 16.2. The highest BCUT2D eigenvalue weighted by Gasteiger charge is 2.27. The number of hydrogen-bond donors (Lipinski definition) is 1. The largest absolute Gasteiger partial charge is 0.339 e. The molecule has 1 N–H and O–H groups in total. The van der Waals surface area contributed by atoms with Gasteiger partial charge in [0, 0.05) is 18.3 Å². The molecule has 2 heterocycles. The van der Waals surface area contributed by atoms with Crippen molar-refractivity contribution in [1.29, 1.82) is 0 Å². The summed E-state index contributed by atoms with van der Waals surface area (Å²) in [6.07, 6.45) is 4.35. The van der Waals surface area contributed by atoms with Crippen molar-refractivity contribution < 1.29 is 4.79 Å². The van der Waals surface area contributed by atoms with Crippen LogP contribution < -0.4 is 5.32 Å². The van der Waals surface area contributed by atoms with Crippen LogP contribution in [-0.4, -0.2) is 33.6 Å². The van der Waals surface area contributed by atoms with Crippen LogP contribution in [0.3, 0.4) is 0 Å². The lowest BCUT2D eigenvalue weighted by Crippen LogP contribution is -2.43. The molecule has 3 rings (SSSR count). The Morgan fingerprint density at radius 2 is 1.92 bits per heavy atom. The van der Waals surface area contributed by atoms with E-state index in [0.717, 1.165) is 31.5 Å². The molecule has 1 unspecified atom stereocenters. The number of amides is 1. The van der Waals surface area contributed by atoms with Crippen molar-refractivity contribution in [3.63, 3.8) is 0 Å². The molecule has 0 aliphatic carbocycles. The predicted molar refractivity (Wildman–Crippen MR) is 100 cm³/mol. The number of carbonyl (C=O) groups is 1. The summed E-state index contributed by atoms with van der Waals surface area (Å²) < 4.78 is 0. The highest BCUT2D eigenvalue weighted by molar-refractivity contribution is 5.92. The summed E-state index contributed by atoms with van der Waals surface area (Å²) in [5, 5.41) is 11.6. The molecule has 1 amide bonds. The first kappa shape index (κ1) is 17.4. The molecule has 25 heavy (non-hydrogen) atoms. The monoisotopic (exact) mass is 338 g/mol. The lowest BCUT2D eigenvalue weighted by Gasteiger charge is -2.34. The summed E-state index contributed by atoms with van der Waals surface area (Å²) in [7, 11) is 0. The molecule has 1 fully saturated rings. The van der Waals surface area contributed by atoms with Gasteiger partial charge >= 0.3 is 0 Å². The lowest BCUT2D eigenvalue weighted by molar-refractivity contribution is 0.0601. The minimum atomic E-state index is -0.00278. The van der Waals surface area contributed by atoms with Gasteiger partial charge in [0.25, 0.3) is 5.91 Å². The Morgan fingerprint density at radius 1 is 1.16 bits per heavy atom. The molecule has 1 aliphatic rings. The van der Waals surface area contributed by atoms with Crippen LogP contribution in [0, 0.1) is 13.8 Å². The molecule has 1 aromatic carbocycles. The van der Waals surface area contributed by atoms with Crippen molar-refractivity contribution in [2.75, 3.05) is 11.9 Å². The standard InChI is InChI=1S/C20H26N4O/c1-4-17-7-5-6-10-24(17)20(25)18-8-9-19(23-22-18)21-16-12-14(2)11-15(3)13-16/h8-9,11-13,17H,4-7,10H2,1-3H3,(H,21,23). The SMILES string of the molecule is CCC1CCCCN1C(=O)c1ccc(Nc2cc(C)cc(C)c2)nn1. The van der Waals surface area contributed by atoms with Crippen molar-refractivity contribution in [2.24, 2.45) is 0 Å². The molecule has 5 nitrogen and oxygen atoms in total. The van der Waals surface area contributed by atoms with Crippen LogP contribution in [0.4, 0.5) is 11.5 Å². The Bertz CT molecular complexity index is 722. The summed E-state index contributed by atoms with van der Waals surface area (Å²) in [6, 6.07) is 10.2. The fourth-order valence-electron chi connectivity index (χ4n) is 3.55. The number of carbonyl (C=O) groups excluding carboxylic acids is 1. The predicted octanol–water partition coefficient (Wildman–Crippen LogP) is 4.24. The van der Waals surface area contributed by atoms with E-state index in [1.807, 2.05) is 11.0 Å². The van der Waals surface area contributed by atoms with Crippen LogP contribution >= 0.6 is 0 Å². The van der Waals surface area contributed by atoms with Crippen molar-refractivity contribution in [3.05, 3.63) is 47.2 Å². The molecular formula is C20H26N4O. The van der Waals surface area contributed by atoms with Gasteiger partial charge in [0.1, 0.15) is 0 Å². The second kappa shape index (κ2) is 7.64. The highest BCUT2D eigenvalue weighted by Crippen LogP contribution is 2.22. The van der Waals surface area contributed by atoms with Gasteiger partial charge in [-0.25, -0.2) is 0 Å². The fraction of sp³-hybridized carbons (Fsp3) is 0.450. The van der Waals surface area contributed by atoms with Crippen molar-refractivity contribution in [1.82, 2.24) is 15.1 Å². The van der Waals surface area contributed by atoms with Crippen LogP contribution in [0.25, 0.3) is 0 Å². The number of benzene rings is 1. The topological polar surface area (TPSA) is 58.1 Å². The van der Waals surface area contributed by atoms with Crippen LogP contribution in [0.2, 0.25) is 0 Å². The number of likely N-dealkylation sites (tertiary alicyclic amines) is 1. The van der Waals surface area contributed by atoms with Gasteiger partial charge in [-0.1, -0.05) is 13.0 Å². The third kappa shape index (κ3) is 4.16. The van der Waals surface area contributed by atoms with E-state index >= 15 is 0 Å². The average molecular weight is 338 g/mol. The molecule has 132 valence electrons. The van der Waals surface area contributed by atoms with Gasteiger partial charge in [0.05, 0.1) is 0 Å². The van der Waals surface area contributed by atoms with Crippen LogP contribution in [-0.2, 0) is 0 Å². The van der Waals surface area contributed by atoms with Crippen LogP contribution in [0.15, 0.2) is 30.3 Å². The van der Waals surface area contributed by atoms with Crippen LogP contribution in [0.1, 0.15) is 54.2 Å².